The van der Waals surface area contributed by atoms with Gasteiger partial charge < -0.3 is 18.9 Å². The molecule has 3 heterocycles. The number of esters is 3. The molecular formula is C16H16Cl2N4O7. The first-order valence-electron chi connectivity index (χ1n) is 10.0. The van der Waals surface area contributed by atoms with E-state index in [9.17, 15) is 14.4 Å². The van der Waals surface area contributed by atoms with Crippen molar-refractivity contribution in [3.8, 4) is 11.5 Å². The second-order valence-corrected chi connectivity index (χ2v) is 6.44. The van der Waals surface area contributed by atoms with Crippen molar-refractivity contribution in [2.45, 2.75) is 45.2 Å². The van der Waals surface area contributed by atoms with Gasteiger partial charge in [-0.2, -0.15) is 4.98 Å². The standard InChI is InChI=1S/C16H16Cl2N4O7/c1-6(23)26-4-9-11(27-7(2)24)12(28-8(3)25)15(29-9)22-13(17)10-14(20-5-19-10)21-16(22)18/h5,9,11-12,15H,4H2,1-3H3/t9-,11+,12-,15?/m1/s1/i1D,2D,3D. The molecule has 156 valence electrons. The molecule has 0 aromatic heterocycles. The Morgan fingerprint density at radius 2 is 1.83 bits per heavy atom. The van der Waals surface area contributed by atoms with Crippen LogP contribution in [0.15, 0.2) is 6.33 Å². The summed E-state index contributed by atoms with van der Waals surface area (Å²) in [6.07, 6.45) is -4.06. The lowest BCUT2D eigenvalue weighted by molar-refractivity contribution is -0.166. The molecule has 0 aromatic carbocycles. The summed E-state index contributed by atoms with van der Waals surface area (Å²) in [5, 5.41) is -0.307. The van der Waals surface area contributed by atoms with Gasteiger partial charge in [0.25, 0.3) is 0 Å². The number of carbonyl (C=O) groups excluding carboxylic acids is 3. The van der Waals surface area contributed by atoms with Crippen LogP contribution in [0.3, 0.4) is 0 Å². The van der Waals surface area contributed by atoms with E-state index >= 15 is 0 Å². The van der Waals surface area contributed by atoms with Crippen molar-refractivity contribution in [3.63, 3.8) is 0 Å². The number of imidazole rings is 1. The van der Waals surface area contributed by atoms with Gasteiger partial charge in [-0.05, 0) is 11.6 Å². The monoisotopic (exact) mass is 449 g/mol. The largest absolute Gasteiger partial charge is 0.463 e. The molecule has 1 unspecified atom stereocenters. The van der Waals surface area contributed by atoms with E-state index in [2.05, 4.69) is 15.0 Å². The van der Waals surface area contributed by atoms with Gasteiger partial charge in [-0.25, -0.2) is 9.97 Å². The Morgan fingerprint density at radius 3 is 2.52 bits per heavy atom. The molecular weight excluding hydrogens is 431 g/mol. The average molecular weight is 450 g/mol. The molecule has 0 aliphatic carbocycles. The molecule has 13 heteroatoms. The Kier molecular flexibility index (Phi) is 5.07. The molecule has 29 heavy (non-hydrogen) atoms. The third-order valence-corrected chi connectivity index (χ3v) is 4.49. The Bertz CT molecular complexity index is 981. The number of nitrogens with zero attached hydrogens (tertiary/aromatic N) is 4. The molecule has 0 bridgehead atoms. The number of hydrogen-bond donors (Lipinski definition) is 0. The van der Waals surface area contributed by atoms with Crippen LogP contribution < -0.4 is 0 Å². The van der Waals surface area contributed by atoms with Crippen molar-refractivity contribution < 1.29 is 37.4 Å². The van der Waals surface area contributed by atoms with Gasteiger partial charge in [-0.1, -0.05) is 11.6 Å². The van der Waals surface area contributed by atoms with E-state index < -0.39 is 69.8 Å². The summed E-state index contributed by atoms with van der Waals surface area (Å²) in [6, 6.07) is 0. The smallest absolute Gasteiger partial charge is 0.303 e. The number of halogens is 2. The third-order valence-electron chi connectivity index (χ3n) is 3.87. The van der Waals surface area contributed by atoms with Crippen LogP contribution >= 0.6 is 23.2 Å². The number of ether oxygens (including phenoxy) is 4. The Morgan fingerprint density at radius 1 is 1.14 bits per heavy atom. The first-order valence-corrected chi connectivity index (χ1v) is 8.68. The Balaban J connectivity index is 2.04. The van der Waals surface area contributed by atoms with Gasteiger partial charge in [0.15, 0.2) is 24.3 Å². The van der Waals surface area contributed by atoms with E-state index in [0.717, 1.165) is 4.57 Å². The van der Waals surface area contributed by atoms with Gasteiger partial charge in [-0.3, -0.25) is 19.0 Å². The highest BCUT2D eigenvalue weighted by atomic mass is 35.5. The highest BCUT2D eigenvalue weighted by Crippen LogP contribution is 2.40. The molecule has 0 spiro atoms. The van der Waals surface area contributed by atoms with E-state index in [1.165, 1.54) is 6.33 Å². The molecule has 11 nitrogen and oxygen atoms in total. The first-order chi connectivity index (χ1) is 15.3. The van der Waals surface area contributed by atoms with Crippen molar-refractivity contribution in [2.24, 2.45) is 0 Å². The van der Waals surface area contributed by atoms with Crippen LogP contribution in [-0.4, -0.2) is 62.3 Å². The fraction of sp³-hybridized carbons (Fsp3) is 0.500. The summed E-state index contributed by atoms with van der Waals surface area (Å²) < 4.78 is 43.9. The summed E-state index contributed by atoms with van der Waals surface area (Å²) in [5.74, 6) is -2.68. The SMILES string of the molecule is [2H]CC(=O)OC[C@H]1OC(n2c(Cl)nc3ncnc-3c2Cl)[C@H](OC(=O)C[2H])[C@H]1OC(=O)C[2H]. The maximum Gasteiger partial charge on any atom is 0.303 e. The molecule has 3 aliphatic heterocycles. The summed E-state index contributed by atoms with van der Waals surface area (Å²) in [7, 11) is 0. The lowest BCUT2D eigenvalue weighted by Crippen LogP contribution is -2.40. The van der Waals surface area contributed by atoms with Crippen LogP contribution in [0.25, 0.3) is 11.5 Å². The van der Waals surface area contributed by atoms with Crippen LogP contribution in [0, 0.1) is 0 Å². The third kappa shape index (κ3) is 4.41. The fourth-order valence-electron chi connectivity index (χ4n) is 2.84. The van der Waals surface area contributed by atoms with Crippen molar-refractivity contribution in [1.82, 2.24) is 19.5 Å². The van der Waals surface area contributed by atoms with E-state index in [1.807, 2.05) is 0 Å². The quantitative estimate of drug-likeness (QED) is 0.285. The molecule has 0 aromatic rings. The van der Waals surface area contributed by atoms with Crippen LogP contribution in [0.5, 0.6) is 0 Å². The molecule has 3 aliphatic rings. The fourth-order valence-corrected chi connectivity index (χ4v) is 3.45. The summed E-state index contributed by atoms with van der Waals surface area (Å²) in [5.41, 5.74) is 0.161. The number of rotatable bonds is 5. The second kappa shape index (κ2) is 8.47. The van der Waals surface area contributed by atoms with Gasteiger partial charge in [-0.15, -0.1) is 0 Å². The average Bonchev–Trinajstić information content (AvgIpc) is 3.37. The first kappa shape index (κ1) is 17.4. The molecule has 1 saturated heterocycles. The van der Waals surface area contributed by atoms with Gasteiger partial charge >= 0.3 is 17.9 Å². The van der Waals surface area contributed by atoms with Crippen molar-refractivity contribution in [3.05, 3.63) is 16.8 Å². The predicted molar refractivity (Wildman–Crippen MR) is 96.1 cm³/mol. The molecule has 3 rings (SSSR count). The zero-order valence-corrected chi connectivity index (χ0v) is 16.1. The molecule has 1 fully saturated rings. The van der Waals surface area contributed by atoms with Crippen molar-refractivity contribution >= 4 is 41.1 Å². The Labute approximate surface area is 178 Å². The number of carbonyl (C=O) groups is 3. The number of fused-ring (bicyclic) bond motifs is 1. The van der Waals surface area contributed by atoms with E-state index in [-0.39, 0.29) is 22.0 Å². The minimum absolute atomic E-state index is 0.0798. The van der Waals surface area contributed by atoms with Gasteiger partial charge in [0.05, 0.1) is 0 Å². The van der Waals surface area contributed by atoms with E-state index in [1.54, 1.807) is 0 Å². The molecule has 0 amide bonds. The van der Waals surface area contributed by atoms with Crippen LogP contribution in [0.2, 0.25) is 10.4 Å². The van der Waals surface area contributed by atoms with E-state index in [0.29, 0.717) is 0 Å². The molecule has 4 atom stereocenters. The highest BCUT2D eigenvalue weighted by Gasteiger charge is 2.51. The molecule has 0 radical (unpaired) electrons. The summed E-state index contributed by atoms with van der Waals surface area (Å²) in [4.78, 5) is 47.2. The minimum Gasteiger partial charge on any atom is -0.463 e. The van der Waals surface area contributed by atoms with Crippen LogP contribution in [-0.2, 0) is 33.3 Å². The second-order valence-electron chi connectivity index (χ2n) is 5.74. The zero-order chi connectivity index (χ0) is 23.4. The molecule has 0 N–H and O–H groups in total. The van der Waals surface area contributed by atoms with Crippen molar-refractivity contribution in [2.75, 3.05) is 6.61 Å². The van der Waals surface area contributed by atoms with E-state index in [4.69, 9.17) is 46.3 Å². The lowest BCUT2D eigenvalue weighted by Gasteiger charge is -2.25. The minimum atomic E-state index is -1.40. The number of aromatic nitrogens is 4. The normalized spacial score (nSPS) is 25.1. The topological polar surface area (TPSA) is 132 Å². The predicted octanol–water partition coefficient (Wildman–Crippen LogP) is 1.41. The van der Waals surface area contributed by atoms with Gasteiger partial charge in [0.2, 0.25) is 5.28 Å². The van der Waals surface area contributed by atoms with Crippen LogP contribution in [0.4, 0.5) is 0 Å². The highest BCUT2D eigenvalue weighted by molar-refractivity contribution is 6.34. The van der Waals surface area contributed by atoms with Gasteiger partial charge in [0.1, 0.15) is 29.9 Å². The van der Waals surface area contributed by atoms with Gasteiger partial charge in [0, 0.05) is 24.8 Å². The molecule has 0 saturated carbocycles. The lowest BCUT2D eigenvalue weighted by atomic mass is 10.1. The Hall–Kier alpha value is -2.50. The number of hydrogen-bond acceptors (Lipinski definition) is 10. The summed E-state index contributed by atoms with van der Waals surface area (Å²) in [6.45, 7) is -2.63. The summed E-state index contributed by atoms with van der Waals surface area (Å²) >= 11 is 12.7. The maximum atomic E-state index is 11.9. The maximum absolute atomic E-state index is 11.9. The van der Waals surface area contributed by atoms with Crippen LogP contribution in [0.1, 0.15) is 31.0 Å². The zero-order valence-electron chi connectivity index (χ0n) is 17.6. The van der Waals surface area contributed by atoms with Crippen molar-refractivity contribution in [1.29, 1.82) is 0 Å².